The number of halogens is 1. The van der Waals surface area contributed by atoms with Crippen LogP contribution in [0, 0.1) is 0 Å². The molecule has 98 valence electrons. The van der Waals surface area contributed by atoms with Gasteiger partial charge >= 0.3 is 0 Å². The van der Waals surface area contributed by atoms with Crippen molar-refractivity contribution in [1.29, 1.82) is 0 Å². The lowest BCUT2D eigenvalue weighted by atomic mass is 9.84. The fraction of sp³-hybridized carbons (Fsp3) is 0.533. The Balaban J connectivity index is 2.31. The highest BCUT2D eigenvalue weighted by atomic mass is 35.5. The van der Waals surface area contributed by atoms with E-state index < -0.39 is 0 Å². The van der Waals surface area contributed by atoms with E-state index in [9.17, 15) is 4.79 Å². The summed E-state index contributed by atoms with van der Waals surface area (Å²) in [6.07, 6.45) is 4.47. The second kappa shape index (κ2) is 5.31. The van der Waals surface area contributed by atoms with E-state index in [1.165, 1.54) is 0 Å². The third-order valence-corrected chi connectivity index (χ3v) is 3.92. The van der Waals surface area contributed by atoms with E-state index in [0.717, 1.165) is 25.7 Å². The van der Waals surface area contributed by atoms with Crippen LogP contribution < -0.4 is 4.74 Å². The van der Waals surface area contributed by atoms with Crippen LogP contribution in [-0.4, -0.2) is 11.4 Å². The highest BCUT2D eigenvalue weighted by Gasteiger charge is 2.38. The zero-order valence-corrected chi connectivity index (χ0v) is 11.7. The summed E-state index contributed by atoms with van der Waals surface area (Å²) in [5.41, 5.74) is 0.316. The molecule has 0 N–H and O–H groups in total. The molecule has 0 saturated heterocycles. The second-order valence-electron chi connectivity index (χ2n) is 4.98. The largest absolute Gasteiger partial charge is 0.486 e. The number of carbonyl (C=O) groups excluding carboxylic acids is 1. The zero-order chi connectivity index (χ0) is 13.2. The van der Waals surface area contributed by atoms with Crippen molar-refractivity contribution in [2.75, 3.05) is 0 Å². The summed E-state index contributed by atoms with van der Waals surface area (Å²) >= 11 is 5.92. The highest BCUT2D eigenvalue weighted by Crippen LogP contribution is 2.39. The van der Waals surface area contributed by atoms with Gasteiger partial charge in [0, 0.05) is 5.02 Å². The van der Waals surface area contributed by atoms with Crippen LogP contribution in [0.5, 0.6) is 5.75 Å². The van der Waals surface area contributed by atoms with Crippen molar-refractivity contribution in [3.05, 3.63) is 28.8 Å². The standard InChI is InChI=1S/C15H19ClO2/c1-3-5-8-15(4-2)10-13(17)12-9-11(16)6-7-14(12)18-15/h6-7,9H,3-5,8,10H2,1-2H3. The Labute approximate surface area is 113 Å². The van der Waals surface area contributed by atoms with Crippen LogP contribution in [0.2, 0.25) is 5.02 Å². The van der Waals surface area contributed by atoms with Gasteiger partial charge in [-0.1, -0.05) is 31.9 Å². The maximum atomic E-state index is 12.2. The summed E-state index contributed by atoms with van der Waals surface area (Å²) in [4.78, 5) is 12.2. The number of carbonyl (C=O) groups is 1. The van der Waals surface area contributed by atoms with Gasteiger partial charge in [0.05, 0.1) is 12.0 Å². The summed E-state index contributed by atoms with van der Waals surface area (Å²) in [5.74, 6) is 0.838. The number of benzene rings is 1. The van der Waals surface area contributed by atoms with Gasteiger partial charge in [-0.05, 0) is 37.5 Å². The highest BCUT2D eigenvalue weighted by molar-refractivity contribution is 6.31. The molecule has 0 fully saturated rings. The number of ketones is 1. The predicted molar refractivity (Wildman–Crippen MR) is 73.6 cm³/mol. The van der Waals surface area contributed by atoms with Crippen molar-refractivity contribution >= 4 is 17.4 Å². The van der Waals surface area contributed by atoms with Crippen LogP contribution in [0.4, 0.5) is 0 Å². The molecule has 0 radical (unpaired) electrons. The molecule has 1 atom stereocenters. The molecule has 0 amide bonds. The molecule has 2 rings (SSSR count). The average Bonchev–Trinajstić information content (AvgIpc) is 2.37. The normalized spacial score (nSPS) is 22.5. The lowest BCUT2D eigenvalue weighted by Gasteiger charge is -2.37. The molecule has 1 aliphatic rings. The SMILES string of the molecule is CCCCC1(CC)CC(=O)c2cc(Cl)ccc2O1. The number of fused-ring (bicyclic) bond motifs is 1. The number of ether oxygens (including phenoxy) is 1. The Kier molecular flexibility index (Phi) is 3.96. The van der Waals surface area contributed by atoms with Crippen LogP contribution >= 0.6 is 11.6 Å². The zero-order valence-electron chi connectivity index (χ0n) is 11.0. The van der Waals surface area contributed by atoms with Gasteiger partial charge in [0.1, 0.15) is 11.4 Å². The molecule has 0 aliphatic carbocycles. The first-order valence-corrected chi connectivity index (χ1v) is 7.00. The molecule has 1 unspecified atom stereocenters. The van der Waals surface area contributed by atoms with Crippen molar-refractivity contribution in [3.8, 4) is 5.75 Å². The first kappa shape index (κ1) is 13.4. The number of rotatable bonds is 4. The number of Topliss-reactive ketones (excluding diaryl/α,β-unsaturated/α-hetero) is 1. The van der Waals surface area contributed by atoms with E-state index in [4.69, 9.17) is 16.3 Å². The summed E-state index contributed by atoms with van der Waals surface area (Å²) in [6, 6.07) is 5.29. The van der Waals surface area contributed by atoms with Gasteiger partial charge in [-0.2, -0.15) is 0 Å². The van der Waals surface area contributed by atoms with Gasteiger partial charge in [-0.15, -0.1) is 0 Å². The number of hydrogen-bond donors (Lipinski definition) is 0. The fourth-order valence-corrected chi connectivity index (χ4v) is 2.65. The molecule has 18 heavy (non-hydrogen) atoms. The van der Waals surface area contributed by atoms with Crippen LogP contribution in [0.3, 0.4) is 0 Å². The van der Waals surface area contributed by atoms with E-state index in [0.29, 0.717) is 22.8 Å². The van der Waals surface area contributed by atoms with Crippen molar-refractivity contribution in [1.82, 2.24) is 0 Å². The Bertz CT molecular complexity index is 456. The van der Waals surface area contributed by atoms with Gasteiger partial charge in [0.25, 0.3) is 0 Å². The molecule has 0 saturated carbocycles. The minimum Gasteiger partial charge on any atom is -0.486 e. The molecule has 1 aliphatic heterocycles. The minimum atomic E-state index is -0.312. The Morgan fingerprint density at radius 1 is 1.39 bits per heavy atom. The van der Waals surface area contributed by atoms with E-state index in [1.54, 1.807) is 12.1 Å². The first-order valence-electron chi connectivity index (χ1n) is 6.62. The number of unbranched alkanes of at least 4 members (excludes halogenated alkanes) is 1. The van der Waals surface area contributed by atoms with Gasteiger partial charge in [0.15, 0.2) is 5.78 Å². The Morgan fingerprint density at radius 2 is 2.17 bits per heavy atom. The summed E-state index contributed by atoms with van der Waals surface area (Å²) in [5, 5.41) is 0.586. The molecule has 1 aromatic carbocycles. The summed E-state index contributed by atoms with van der Waals surface area (Å²) in [7, 11) is 0. The molecular weight excluding hydrogens is 248 g/mol. The number of hydrogen-bond acceptors (Lipinski definition) is 2. The molecule has 3 heteroatoms. The first-order chi connectivity index (χ1) is 8.60. The molecule has 0 bridgehead atoms. The molecule has 2 nitrogen and oxygen atoms in total. The summed E-state index contributed by atoms with van der Waals surface area (Å²) in [6.45, 7) is 4.24. The van der Waals surface area contributed by atoms with Crippen molar-refractivity contribution < 1.29 is 9.53 Å². The molecule has 0 spiro atoms. The maximum absolute atomic E-state index is 12.2. The fourth-order valence-electron chi connectivity index (χ4n) is 2.48. The maximum Gasteiger partial charge on any atom is 0.170 e. The predicted octanol–water partition coefficient (Wildman–Crippen LogP) is 4.64. The minimum absolute atomic E-state index is 0.150. The third-order valence-electron chi connectivity index (χ3n) is 3.68. The lowest BCUT2D eigenvalue weighted by molar-refractivity contribution is 0.0300. The van der Waals surface area contributed by atoms with Crippen LogP contribution in [0.15, 0.2) is 18.2 Å². The molecule has 1 heterocycles. The van der Waals surface area contributed by atoms with Crippen LogP contribution in [0.25, 0.3) is 0 Å². The van der Waals surface area contributed by atoms with E-state index in [-0.39, 0.29) is 11.4 Å². The quantitative estimate of drug-likeness (QED) is 0.793. The topological polar surface area (TPSA) is 26.3 Å². The monoisotopic (exact) mass is 266 g/mol. The Morgan fingerprint density at radius 3 is 2.83 bits per heavy atom. The van der Waals surface area contributed by atoms with Crippen molar-refractivity contribution in [2.45, 2.75) is 51.6 Å². The van der Waals surface area contributed by atoms with Gasteiger partial charge in [-0.3, -0.25) is 4.79 Å². The van der Waals surface area contributed by atoms with Crippen LogP contribution in [0.1, 0.15) is 56.3 Å². The van der Waals surface area contributed by atoms with Crippen LogP contribution in [-0.2, 0) is 0 Å². The second-order valence-corrected chi connectivity index (χ2v) is 5.42. The molecular formula is C15H19ClO2. The summed E-state index contributed by atoms with van der Waals surface area (Å²) < 4.78 is 6.12. The lowest BCUT2D eigenvalue weighted by Crippen LogP contribution is -2.41. The van der Waals surface area contributed by atoms with E-state index in [1.807, 2.05) is 6.07 Å². The van der Waals surface area contributed by atoms with Crippen molar-refractivity contribution in [3.63, 3.8) is 0 Å². The van der Waals surface area contributed by atoms with E-state index >= 15 is 0 Å². The molecule has 0 aromatic heterocycles. The smallest absolute Gasteiger partial charge is 0.170 e. The van der Waals surface area contributed by atoms with Gasteiger partial charge < -0.3 is 4.74 Å². The third kappa shape index (κ3) is 2.54. The Hall–Kier alpha value is -1.02. The average molecular weight is 267 g/mol. The van der Waals surface area contributed by atoms with Gasteiger partial charge in [0.2, 0.25) is 0 Å². The van der Waals surface area contributed by atoms with Crippen molar-refractivity contribution in [2.24, 2.45) is 0 Å². The van der Waals surface area contributed by atoms with Gasteiger partial charge in [-0.25, -0.2) is 0 Å². The molecule has 1 aromatic rings. The van der Waals surface area contributed by atoms with E-state index in [2.05, 4.69) is 13.8 Å².